The van der Waals surface area contributed by atoms with Gasteiger partial charge in [-0.1, -0.05) is 19.3 Å². The van der Waals surface area contributed by atoms with Gasteiger partial charge in [0.05, 0.1) is 6.42 Å². The highest BCUT2D eigenvalue weighted by molar-refractivity contribution is 5.66. The van der Waals surface area contributed by atoms with Crippen LogP contribution in [0.4, 0.5) is 0 Å². The average Bonchev–Trinajstić information content (AvgIpc) is 2.76. The van der Waals surface area contributed by atoms with E-state index in [0.717, 1.165) is 18.7 Å². The molecule has 1 heterocycles. The van der Waals surface area contributed by atoms with Crippen LogP contribution in [0.15, 0.2) is 0 Å². The number of nitrogens with zero attached hydrogens (tertiary/aromatic N) is 2. The lowest BCUT2D eigenvalue weighted by Gasteiger charge is -2.17. The second-order valence-electron chi connectivity index (χ2n) is 4.37. The Labute approximate surface area is 94.3 Å². The smallest absolute Gasteiger partial charge is 0.303 e. The lowest BCUT2D eigenvalue weighted by Crippen LogP contribution is -2.06. The Morgan fingerprint density at radius 2 is 2.12 bits per heavy atom. The molecule has 1 fully saturated rings. The van der Waals surface area contributed by atoms with Crippen LogP contribution in [0.5, 0.6) is 0 Å². The molecule has 0 spiro atoms. The van der Waals surface area contributed by atoms with E-state index in [-0.39, 0.29) is 6.42 Å². The molecule has 0 aromatic carbocycles. The van der Waals surface area contributed by atoms with Gasteiger partial charge in [0.1, 0.15) is 5.82 Å². The van der Waals surface area contributed by atoms with E-state index >= 15 is 0 Å². The minimum atomic E-state index is -0.796. The summed E-state index contributed by atoms with van der Waals surface area (Å²) in [5.41, 5.74) is 0. The molecule has 1 aliphatic carbocycles. The van der Waals surface area contributed by atoms with Gasteiger partial charge in [-0.15, -0.1) is 0 Å². The monoisotopic (exact) mass is 223 g/mol. The molecule has 1 aromatic heterocycles. The lowest BCUT2D eigenvalue weighted by molar-refractivity contribution is -0.137. The predicted octanol–water partition coefficient (Wildman–Crippen LogP) is 1.87. The van der Waals surface area contributed by atoms with Crippen molar-refractivity contribution in [2.75, 3.05) is 0 Å². The number of aromatic nitrogens is 3. The van der Waals surface area contributed by atoms with Gasteiger partial charge in [0, 0.05) is 12.3 Å². The summed E-state index contributed by atoms with van der Waals surface area (Å²) in [6, 6.07) is 0. The van der Waals surface area contributed by atoms with Crippen LogP contribution >= 0.6 is 0 Å². The summed E-state index contributed by atoms with van der Waals surface area (Å²) in [5.74, 6) is 1.25. The van der Waals surface area contributed by atoms with Crippen molar-refractivity contribution in [3.63, 3.8) is 0 Å². The Bertz CT molecular complexity index is 356. The first-order chi connectivity index (χ1) is 7.75. The van der Waals surface area contributed by atoms with Crippen LogP contribution in [0.25, 0.3) is 0 Å². The van der Waals surface area contributed by atoms with E-state index in [1.54, 1.807) is 0 Å². The van der Waals surface area contributed by atoms with Crippen molar-refractivity contribution in [1.82, 2.24) is 15.2 Å². The van der Waals surface area contributed by atoms with E-state index in [9.17, 15) is 4.79 Å². The first-order valence-electron chi connectivity index (χ1n) is 5.88. The fraction of sp³-hybridized carbons (Fsp3) is 0.727. The van der Waals surface area contributed by atoms with Gasteiger partial charge in [-0.3, -0.25) is 9.89 Å². The number of nitrogens with one attached hydrogen (secondary N) is 1. The molecule has 0 atom stereocenters. The molecule has 16 heavy (non-hydrogen) atoms. The number of hydrogen-bond acceptors (Lipinski definition) is 3. The minimum absolute atomic E-state index is 0.110. The lowest BCUT2D eigenvalue weighted by atomic mass is 9.89. The molecule has 0 aliphatic heterocycles. The summed E-state index contributed by atoms with van der Waals surface area (Å²) in [7, 11) is 0. The molecule has 1 aliphatic rings. The first-order valence-corrected chi connectivity index (χ1v) is 5.88. The van der Waals surface area contributed by atoms with Gasteiger partial charge in [0.15, 0.2) is 5.82 Å². The van der Waals surface area contributed by atoms with Gasteiger partial charge in [0.25, 0.3) is 0 Å². The molecule has 2 rings (SSSR count). The van der Waals surface area contributed by atoms with Gasteiger partial charge in [-0.2, -0.15) is 5.10 Å². The normalized spacial score (nSPS) is 17.5. The van der Waals surface area contributed by atoms with E-state index in [0.29, 0.717) is 18.2 Å². The summed E-state index contributed by atoms with van der Waals surface area (Å²) in [6.45, 7) is 0. The minimum Gasteiger partial charge on any atom is -0.481 e. The number of aliphatic carboxylic acids is 1. The third-order valence-corrected chi connectivity index (χ3v) is 3.10. The Hall–Kier alpha value is -1.39. The summed E-state index contributed by atoms with van der Waals surface area (Å²) in [6.07, 6.45) is 6.70. The number of hydrogen-bond donors (Lipinski definition) is 2. The number of carboxylic acids is 1. The Balaban J connectivity index is 1.93. The quantitative estimate of drug-likeness (QED) is 0.816. The Kier molecular flexibility index (Phi) is 3.54. The standard InChI is InChI=1S/C11H17N3O2/c15-10(16)7-6-9-12-11(14-13-9)8-4-2-1-3-5-8/h8H,1-7H2,(H,15,16)(H,12,13,14). The predicted molar refractivity (Wildman–Crippen MR) is 58.2 cm³/mol. The maximum Gasteiger partial charge on any atom is 0.303 e. The van der Waals surface area contributed by atoms with Gasteiger partial charge >= 0.3 is 5.97 Å². The molecule has 0 amide bonds. The van der Waals surface area contributed by atoms with Crippen molar-refractivity contribution < 1.29 is 9.90 Å². The fourth-order valence-corrected chi connectivity index (χ4v) is 2.19. The van der Waals surface area contributed by atoms with Crippen LogP contribution in [0.1, 0.15) is 56.1 Å². The molecule has 2 N–H and O–H groups in total. The van der Waals surface area contributed by atoms with Crippen molar-refractivity contribution >= 4 is 5.97 Å². The number of aromatic amines is 1. The van der Waals surface area contributed by atoms with E-state index in [4.69, 9.17) is 5.11 Å². The molecule has 5 heteroatoms. The maximum atomic E-state index is 10.4. The molecule has 0 bridgehead atoms. The van der Waals surface area contributed by atoms with E-state index in [2.05, 4.69) is 15.2 Å². The second-order valence-corrected chi connectivity index (χ2v) is 4.37. The third kappa shape index (κ3) is 2.81. The molecule has 88 valence electrons. The number of carbonyl (C=O) groups is 1. The molecule has 1 aromatic rings. The molecule has 0 saturated heterocycles. The number of rotatable bonds is 4. The highest BCUT2D eigenvalue weighted by Crippen LogP contribution is 2.30. The van der Waals surface area contributed by atoms with Crippen molar-refractivity contribution in [1.29, 1.82) is 0 Å². The fourth-order valence-electron chi connectivity index (χ4n) is 2.19. The van der Waals surface area contributed by atoms with E-state index in [1.165, 1.54) is 19.3 Å². The van der Waals surface area contributed by atoms with Crippen molar-refractivity contribution in [3.8, 4) is 0 Å². The molecular weight excluding hydrogens is 206 g/mol. The number of H-pyrrole nitrogens is 1. The Morgan fingerprint density at radius 3 is 2.81 bits per heavy atom. The highest BCUT2D eigenvalue weighted by Gasteiger charge is 2.19. The second kappa shape index (κ2) is 5.09. The van der Waals surface area contributed by atoms with Gasteiger partial charge in [0.2, 0.25) is 0 Å². The van der Waals surface area contributed by atoms with Crippen LogP contribution in [0.2, 0.25) is 0 Å². The third-order valence-electron chi connectivity index (χ3n) is 3.10. The summed E-state index contributed by atoms with van der Waals surface area (Å²) in [5, 5.41) is 15.6. The van der Waals surface area contributed by atoms with Crippen molar-refractivity contribution in [2.24, 2.45) is 0 Å². The molecule has 0 unspecified atom stereocenters. The summed E-state index contributed by atoms with van der Waals surface area (Å²) < 4.78 is 0. The molecule has 0 radical (unpaired) electrons. The van der Waals surface area contributed by atoms with Crippen LogP contribution in [-0.2, 0) is 11.2 Å². The van der Waals surface area contributed by atoms with E-state index < -0.39 is 5.97 Å². The number of carboxylic acid groups (broad SMARTS) is 1. The molecule has 5 nitrogen and oxygen atoms in total. The zero-order valence-corrected chi connectivity index (χ0v) is 9.28. The van der Waals surface area contributed by atoms with Crippen molar-refractivity contribution in [3.05, 3.63) is 11.6 Å². The van der Waals surface area contributed by atoms with E-state index in [1.807, 2.05) is 0 Å². The largest absolute Gasteiger partial charge is 0.481 e. The summed E-state index contributed by atoms with van der Waals surface area (Å²) >= 11 is 0. The van der Waals surface area contributed by atoms with Gasteiger partial charge in [-0.25, -0.2) is 4.98 Å². The Morgan fingerprint density at radius 1 is 1.38 bits per heavy atom. The summed E-state index contributed by atoms with van der Waals surface area (Å²) in [4.78, 5) is 14.8. The number of aryl methyl sites for hydroxylation is 1. The van der Waals surface area contributed by atoms with Crippen LogP contribution in [0.3, 0.4) is 0 Å². The molecule has 1 saturated carbocycles. The van der Waals surface area contributed by atoms with Crippen LogP contribution < -0.4 is 0 Å². The molecular formula is C11H17N3O2. The van der Waals surface area contributed by atoms with Crippen LogP contribution in [0, 0.1) is 0 Å². The first kappa shape index (κ1) is 11.1. The average molecular weight is 223 g/mol. The van der Waals surface area contributed by atoms with Crippen molar-refractivity contribution in [2.45, 2.75) is 50.9 Å². The van der Waals surface area contributed by atoms with Gasteiger partial charge in [-0.05, 0) is 12.8 Å². The van der Waals surface area contributed by atoms with Crippen LogP contribution in [-0.4, -0.2) is 26.3 Å². The zero-order valence-electron chi connectivity index (χ0n) is 9.28. The zero-order chi connectivity index (χ0) is 11.4. The highest BCUT2D eigenvalue weighted by atomic mass is 16.4. The SMILES string of the molecule is O=C(O)CCc1nc(C2CCCCC2)n[nH]1. The topological polar surface area (TPSA) is 78.9 Å². The van der Waals surface area contributed by atoms with Gasteiger partial charge < -0.3 is 5.11 Å². The maximum absolute atomic E-state index is 10.4.